The number of ether oxygens (including phenoxy) is 2. The van der Waals surface area contributed by atoms with E-state index in [1.807, 2.05) is 6.92 Å². The van der Waals surface area contributed by atoms with Crippen LogP contribution in [0.2, 0.25) is 0 Å². The van der Waals surface area contributed by atoms with Crippen LogP contribution in [0.4, 0.5) is 0 Å². The van der Waals surface area contributed by atoms with E-state index in [0.717, 1.165) is 0 Å². The Morgan fingerprint density at radius 1 is 1.29 bits per heavy atom. The van der Waals surface area contributed by atoms with Gasteiger partial charge in [0, 0.05) is 6.42 Å². The molecule has 14 heavy (non-hydrogen) atoms. The molecule has 1 rings (SSSR count). The van der Waals surface area contributed by atoms with E-state index in [9.17, 15) is 4.79 Å². The molecule has 76 valence electrons. The number of hydrogen-bond donors (Lipinski definition) is 0. The minimum absolute atomic E-state index is 0.0563. The Hall–Kier alpha value is -1.51. The molecule has 0 aliphatic carbocycles. The van der Waals surface area contributed by atoms with Gasteiger partial charge < -0.3 is 9.47 Å². The van der Waals surface area contributed by atoms with E-state index in [1.165, 1.54) is 0 Å². The first-order valence-corrected chi connectivity index (χ1v) is 4.48. The van der Waals surface area contributed by atoms with Crippen LogP contribution in [0.25, 0.3) is 0 Å². The van der Waals surface area contributed by atoms with E-state index in [1.54, 1.807) is 32.4 Å². The number of hydrogen-bond acceptors (Lipinski definition) is 3. The summed E-state index contributed by atoms with van der Waals surface area (Å²) in [5.41, 5.74) is 0.578. The van der Waals surface area contributed by atoms with Crippen LogP contribution in [0, 0.1) is 0 Å². The summed E-state index contributed by atoms with van der Waals surface area (Å²) in [6.45, 7) is 1.82. The Balaban J connectivity index is 3.14. The second kappa shape index (κ2) is 4.65. The van der Waals surface area contributed by atoms with Gasteiger partial charge in [0.05, 0.1) is 19.8 Å². The van der Waals surface area contributed by atoms with Crippen molar-refractivity contribution < 1.29 is 14.3 Å². The first-order chi connectivity index (χ1) is 6.72. The highest BCUT2D eigenvalue weighted by atomic mass is 16.5. The van der Waals surface area contributed by atoms with Gasteiger partial charge in [-0.25, -0.2) is 0 Å². The highest BCUT2D eigenvalue weighted by Crippen LogP contribution is 2.24. The molecule has 0 saturated heterocycles. The normalized spacial score (nSPS) is 9.64. The van der Waals surface area contributed by atoms with Crippen LogP contribution in [-0.2, 0) is 0 Å². The number of benzene rings is 1. The maximum Gasteiger partial charge on any atom is 0.166 e. The van der Waals surface area contributed by atoms with Gasteiger partial charge >= 0.3 is 0 Å². The number of Topliss-reactive ketones (excluding diaryl/α,β-unsaturated/α-hetero) is 1. The summed E-state index contributed by atoms with van der Waals surface area (Å²) in [4.78, 5) is 11.5. The topological polar surface area (TPSA) is 35.5 Å². The standard InChI is InChI=1S/C11H14O3/c1-4-10(12)9-7-8(13-2)5-6-11(9)14-3/h5-7H,4H2,1-3H3. The molecule has 0 atom stereocenters. The van der Waals surface area contributed by atoms with Crippen molar-refractivity contribution in [2.45, 2.75) is 13.3 Å². The molecule has 3 heteroatoms. The summed E-state index contributed by atoms with van der Waals surface area (Å²) >= 11 is 0. The van der Waals surface area contributed by atoms with Crippen LogP contribution < -0.4 is 9.47 Å². The molecule has 0 spiro atoms. The summed E-state index contributed by atoms with van der Waals surface area (Å²) in [5, 5.41) is 0. The fraction of sp³-hybridized carbons (Fsp3) is 0.364. The van der Waals surface area contributed by atoms with E-state index < -0.39 is 0 Å². The molecule has 1 aromatic rings. The Morgan fingerprint density at radius 2 is 2.00 bits per heavy atom. The smallest absolute Gasteiger partial charge is 0.166 e. The number of rotatable bonds is 4. The molecule has 0 amide bonds. The van der Waals surface area contributed by atoms with E-state index >= 15 is 0 Å². The zero-order chi connectivity index (χ0) is 10.6. The zero-order valence-corrected chi connectivity index (χ0v) is 8.66. The van der Waals surface area contributed by atoms with Crippen molar-refractivity contribution in [1.82, 2.24) is 0 Å². The number of methoxy groups -OCH3 is 2. The molecular formula is C11H14O3. The van der Waals surface area contributed by atoms with Crippen LogP contribution in [0.15, 0.2) is 18.2 Å². The van der Waals surface area contributed by atoms with Crippen LogP contribution in [0.5, 0.6) is 11.5 Å². The molecule has 0 heterocycles. The van der Waals surface area contributed by atoms with Gasteiger partial charge in [0.1, 0.15) is 11.5 Å². The van der Waals surface area contributed by atoms with Gasteiger partial charge in [-0.2, -0.15) is 0 Å². The lowest BCUT2D eigenvalue weighted by molar-refractivity contribution is 0.0985. The minimum atomic E-state index is 0.0563. The van der Waals surface area contributed by atoms with Crippen molar-refractivity contribution in [2.24, 2.45) is 0 Å². The number of carbonyl (C=O) groups excluding carboxylic acids is 1. The van der Waals surface area contributed by atoms with Crippen LogP contribution >= 0.6 is 0 Å². The largest absolute Gasteiger partial charge is 0.497 e. The van der Waals surface area contributed by atoms with Gasteiger partial charge in [-0.3, -0.25) is 4.79 Å². The molecule has 1 aromatic carbocycles. The van der Waals surface area contributed by atoms with Crippen molar-refractivity contribution in [3.8, 4) is 11.5 Å². The molecule has 0 aliphatic rings. The van der Waals surface area contributed by atoms with E-state index in [0.29, 0.717) is 23.5 Å². The van der Waals surface area contributed by atoms with Crippen molar-refractivity contribution in [3.05, 3.63) is 23.8 Å². The summed E-state index contributed by atoms with van der Waals surface area (Å²) in [6.07, 6.45) is 0.462. The molecule has 3 nitrogen and oxygen atoms in total. The highest BCUT2D eigenvalue weighted by molar-refractivity contribution is 5.98. The van der Waals surface area contributed by atoms with Crippen molar-refractivity contribution >= 4 is 5.78 Å². The zero-order valence-electron chi connectivity index (χ0n) is 8.66. The fourth-order valence-electron chi connectivity index (χ4n) is 1.22. The predicted octanol–water partition coefficient (Wildman–Crippen LogP) is 2.30. The van der Waals surface area contributed by atoms with Gasteiger partial charge in [0.15, 0.2) is 5.78 Å². The molecule has 0 aromatic heterocycles. The summed E-state index contributed by atoms with van der Waals surface area (Å²) in [5.74, 6) is 1.32. The molecule has 0 aliphatic heterocycles. The van der Waals surface area contributed by atoms with E-state index in [4.69, 9.17) is 9.47 Å². The lowest BCUT2D eigenvalue weighted by atomic mass is 10.1. The molecule has 0 radical (unpaired) electrons. The highest BCUT2D eigenvalue weighted by Gasteiger charge is 2.11. The van der Waals surface area contributed by atoms with Crippen molar-refractivity contribution in [1.29, 1.82) is 0 Å². The second-order valence-electron chi connectivity index (χ2n) is 2.84. The quantitative estimate of drug-likeness (QED) is 0.690. The molecule has 0 saturated carbocycles. The summed E-state index contributed by atoms with van der Waals surface area (Å²) in [7, 11) is 3.12. The second-order valence-corrected chi connectivity index (χ2v) is 2.84. The Kier molecular flexibility index (Phi) is 3.51. The summed E-state index contributed by atoms with van der Waals surface area (Å²) in [6, 6.07) is 5.21. The maximum atomic E-state index is 11.5. The van der Waals surface area contributed by atoms with E-state index in [-0.39, 0.29) is 5.78 Å². The average molecular weight is 194 g/mol. The third-order valence-corrected chi connectivity index (χ3v) is 2.03. The van der Waals surface area contributed by atoms with Gasteiger partial charge in [-0.15, -0.1) is 0 Å². The minimum Gasteiger partial charge on any atom is -0.497 e. The van der Waals surface area contributed by atoms with Crippen LogP contribution in [-0.4, -0.2) is 20.0 Å². The molecule has 0 unspecified atom stereocenters. The van der Waals surface area contributed by atoms with Gasteiger partial charge in [0.2, 0.25) is 0 Å². The van der Waals surface area contributed by atoms with Crippen LogP contribution in [0.1, 0.15) is 23.7 Å². The first kappa shape index (κ1) is 10.6. The Bertz CT molecular complexity index is 331. The number of ketones is 1. The van der Waals surface area contributed by atoms with Gasteiger partial charge in [-0.05, 0) is 18.2 Å². The molecular weight excluding hydrogens is 180 g/mol. The lowest BCUT2D eigenvalue weighted by Crippen LogP contribution is -2.01. The fourth-order valence-corrected chi connectivity index (χ4v) is 1.22. The van der Waals surface area contributed by atoms with Gasteiger partial charge in [-0.1, -0.05) is 6.92 Å². The Morgan fingerprint density at radius 3 is 2.50 bits per heavy atom. The predicted molar refractivity (Wildman–Crippen MR) is 54.2 cm³/mol. The molecule has 0 bridgehead atoms. The van der Waals surface area contributed by atoms with Crippen molar-refractivity contribution in [3.63, 3.8) is 0 Å². The Labute approximate surface area is 83.6 Å². The SMILES string of the molecule is CCC(=O)c1cc(OC)ccc1OC. The first-order valence-electron chi connectivity index (χ1n) is 4.48. The average Bonchev–Trinajstić information content (AvgIpc) is 2.27. The monoisotopic (exact) mass is 194 g/mol. The maximum absolute atomic E-state index is 11.5. The van der Waals surface area contributed by atoms with Crippen molar-refractivity contribution in [2.75, 3.05) is 14.2 Å². The lowest BCUT2D eigenvalue weighted by Gasteiger charge is -2.08. The summed E-state index contributed by atoms with van der Waals surface area (Å²) < 4.78 is 10.1. The van der Waals surface area contributed by atoms with E-state index in [2.05, 4.69) is 0 Å². The third-order valence-electron chi connectivity index (χ3n) is 2.03. The van der Waals surface area contributed by atoms with Crippen LogP contribution in [0.3, 0.4) is 0 Å². The molecule has 0 fully saturated rings. The third kappa shape index (κ3) is 2.05. The molecule has 0 N–H and O–H groups in total. The van der Waals surface area contributed by atoms with Gasteiger partial charge in [0.25, 0.3) is 0 Å². The number of carbonyl (C=O) groups is 1.